The molecule has 0 spiro atoms. The van der Waals surface area contributed by atoms with Crippen LogP contribution in [0.25, 0.3) is 0 Å². The molecule has 6 nitrogen and oxygen atoms in total. The van der Waals surface area contributed by atoms with E-state index in [9.17, 15) is 8.42 Å². The molecule has 0 aromatic heterocycles. The van der Waals surface area contributed by atoms with E-state index in [2.05, 4.69) is 10.1 Å². The number of rotatable bonds is 6. The first-order valence-electron chi connectivity index (χ1n) is 3.22. The second-order valence-corrected chi connectivity index (χ2v) is 3.25. The molecule has 4 N–H and O–H groups in total. The van der Waals surface area contributed by atoms with Crippen molar-refractivity contribution in [2.24, 2.45) is 0 Å². The average molecular weight is 183 g/mol. The molecule has 0 aromatic rings. The Bertz CT molecular complexity index is 165. The van der Waals surface area contributed by atoms with Gasteiger partial charge in [-0.2, -0.15) is 13.1 Å². The van der Waals surface area contributed by atoms with Crippen LogP contribution in [-0.4, -0.2) is 33.2 Å². The number of hydrogen-bond acceptors (Lipinski definition) is 4. The highest BCUT2D eigenvalue weighted by molar-refractivity contribution is 7.87. The molecule has 7 heteroatoms. The summed E-state index contributed by atoms with van der Waals surface area (Å²) in [7, 11) is -3.48. The Morgan fingerprint density at radius 3 is 2.55 bits per heavy atom. The van der Waals surface area contributed by atoms with Crippen molar-refractivity contribution in [3.05, 3.63) is 0 Å². The normalized spacial score (nSPS) is 11.8. The van der Waals surface area contributed by atoms with Gasteiger partial charge in [-0.05, 0) is 0 Å². The summed E-state index contributed by atoms with van der Waals surface area (Å²) in [6, 6.07) is 0. The number of aliphatic hydroxyl groups excluding tert-OH is 1. The highest BCUT2D eigenvalue weighted by atomic mass is 32.2. The third kappa shape index (κ3) is 6.20. The second-order valence-electron chi connectivity index (χ2n) is 1.75. The maximum atomic E-state index is 10.8. The van der Waals surface area contributed by atoms with Crippen LogP contribution in [0.5, 0.6) is 0 Å². The molecular weight excluding hydrogens is 170 g/mol. The van der Waals surface area contributed by atoms with Crippen molar-refractivity contribution in [2.45, 2.75) is 6.92 Å². The van der Waals surface area contributed by atoms with E-state index >= 15 is 0 Å². The Labute approximate surface area is 66.1 Å². The number of aliphatic hydroxyl groups is 1. The summed E-state index contributed by atoms with van der Waals surface area (Å²) in [6.07, 6.45) is 0. The Hall–Kier alpha value is -0.210. The van der Waals surface area contributed by atoms with Crippen LogP contribution in [0, 0.1) is 0 Å². The van der Waals surface area contributed by atoms with Crippen LogP contribution in [0.3, 0.4) is 0 Å². The number of hydrazine groups is 1. The monoisotopic (exact) mass is 183 g/mol. The van der Waals surface area contributed by atoms with E-state index in [1.54, 1.807) is 6.92 Å². The van der Waals surface area contributed by atoms with Gasteiger partial charge in [0.25, 0.3) is 10.2 Å². The standard InChI is InChI=1S/C4H13N3O3S/c1-2-5-7-11(9,10)6-3-4-8/h5-8H,2-4H2,1H3. The minimum absolute atomic E-state index is 0.0146. The third-order valence-electron chi connectivity index (χ3n) is 0.787. The minimum atomic E-state index is -3.48. The molecule has 0 rings (SSSR count). The maximum absolute atomic E-state index is 10.8. The predicted octanol–water partition coefficient (Wildman–Crippen LogP) is -2.07. The van der Waals surface area contributed by atoms with Crippen molar-refractivity contribution in [3.8, 4) is 0 Å². The van der Waals surface area contributed by atoms with Crippen LogP contribution in [0.4, 0.5) is 0 Å². The lowest BCUT2D eigenvalue weighted by atomic mass is 10.8. The van der Waals surface area contributed by atoms with Crippen LogP contribution in [0.2, 0.25) is 0 Å². The Kier molecular flexibility index (Phi) is 5.34. The van der Waals surface area contributed by atoms with E-state index in [4.69, 9.17) is 5.11 Å². The van der Waals surface area contributed by atoms with Gasteiger partial charge in [0.05, 0.1) is 6.61 Å². The molecular formula is C4H13N3O3S. The number of hydrogen-bond donors (Lipinski definition) is 4. The van der Waals surface area contributed by atoms with E-state index in [1.165, 1.54) is 0 Å². The van der Waals surface area contributed by atoms with Crippen molar-refractivity contribution in [1.29, 1.82) is 0 Å². The number of nitrogens with one attached hydrogen (secondary N) is 3. The molecule has 0 radical (unpaired) electrons. The molecule has 0 aliphatic heterocycles. The lowest BCUT2D eigenvalue weighted by Gasteiger charge is -2.05. The Morgan fingerprint density at radius 1 is 1.45 bits per heavy atom. The molecule has 0 saturated heterocycles. The summed E-state index contributed by atoms with van der Waals surface area (Å²) in [4.78, 5) is 2.04. The van der Waals surface area contributed by atoms with Gasteiger partial charge in [0.2, 0.25) is 0 Å². The van der Waals surface area contributed by atoms with Gasteiger partial charge < -0.3 is 5.11 Å². The van der Waals surface area contributed by atoms with E-state index in [0.29, 0.717) is 6.54 Å². The van der Waals surface area contributed by atoms with Gasteiger partial charge in [0, 0.05) is 13.1 Å². The lowest BCUT2D eigenvalue weighted by molar-refractivity contribution is 0.300. The topological polar surface area (TPSA) is 90.5 Å². The molecule has 0 aliphatic rings. The highest BCUT2D eigenvalue weighted by Gasteiger charge is 2.04. The zero-order valence-corrected chi connectivity index (χ0v) is 7.11. The van der Waals surface area contributed by atoms with Gasteiger partial charge in [0.1, 0.15) is 0 Å². The third-order valence-corrected chi connectivity index (χ3v) is 1.78. The highest BCUT2D eigenvalue weighted by Crippen LogP contribution is 1.70. The van der Waals surface area contributed by atoms with Gasteiger partial charge in [-0.1, -0.05) is 6.92 Å². The molecule has 0 aromatic carbocycles. The second kappa shape index (κ2) is 5.44. The van der Waals surface area contributed by atoms with E-state index in [1.807, 2.05) is 4.83 Å². The molecule has 0 heterocycles. The quantitative estimate of drug-likeness (QED) is 0.356. The molecule has 0 saturated carbocycles. The Morgan fingerprint density at radius 2 is 2.09 bits per heavy atom. The van der Waals surface area contributed by atoms with E-state index < -0.39 is 10.2 Å². The molecule has 0 amide bonds. The summed E-state index contributed by atoms with van der Waals surface area (Å²) in [5, 5.41) is 8.28. The average Bonchev–Trinajstić information content (AvgIpc) is 1.97. The van der Waals surface area contributed by atoms with Gasteiger partial charge in [0.15, 0.2) is 0 Å². The summed E-state index contributed by atoms with van der Waals surface area (Å²) in [5.41, 5.74) is 2.42. The fourth-order valence-electron chi connectivity index (χ4n) is 0.383. The fraction of sp³-hybridized carbons (Fsp3) is 1.00. The first kappa shape index (κ1) is 10.8. The Balaban J connectivity index is 3.63. The zero-order valence-electron chi connectivity index (χ0n) is 6.29. The van der Waals surface area contributed by atoms with Crippen molar-refractivity contribution in [3.63, 3.8) is 0 Å². The smallest absolute Gasteiger partial charge is 0.289 e. The molecule has 0 aliphatic carbocycles. The first-order valence-corrected chi connectivity index (χ1v) is 4.71. The van der Waals surface area contributed by atoms with Crippen molar-refractivity contribution >= 4 is 10.2 Å². The minimum Gasteiger partial charge on any atom is -0.395 e. The van der Waals surface area contributed by atoms with Crippen molar-refractivity contribution in [2.75, 3.05) is 19.7 Å². The molecule has 0 unspecified atom stereocenters. The molecule has 68 valence electrons. The largest absolute Gasteiger partial charge is 0.395 e. The van der Waals surface area contributed by atoms with Gasteiger partial charge in [-0.25, -0.2) is 5.43 Å². The molecule has 0 bridgehead atoms. The summed E-state index contributed by atoms with van der Waals surface area (Å²) >= 11 is 0. The van der Waals surface area contributed by atoms with Crippen LogP contribution >= 0.6 is 0 Å². The van der Waals surface area contributed by atoms with Crippen molar-refractivity contribution < 1.29 is 13.5 Å². The van der Waals surface area contributed by atoms with Crippen LogP contribution < -0.4 is 15.0 Å². The maximum Gasteiger partial charge on any atom is 0.289 e. The molecule has 0 fully saturated rings. The summed E-state index contributed by atoms with van der Waals surface area (Å²) in [5.74, 6) is 0. The van der Waals surface area contributed by atoms with Gasteiger partial charge in [-0.3, -0.25) is 0 Å². The summed E-state index contributed by atoms with van der Waals surface area (Å²) in [6.45, 7) is 2.06. The van der Waals surface area contributed by atoms with Crippen LogP contribution in [0.1, 0.15) is 6.92 Å². The SMILES string of the molecule is CCNNS(=O)(=O)NCCO. The molecule has 11 heavy (non-hydrogen) atoms. The lowest BCUT2D eigenvalue weighted by Crippen LogP contribution is -2.45. The fourth-order valence-corrected chi connectivity index (χ4v) is 1.15. The van der Waals surface area contributed by atoms with E-state index in [-0.39, 0.29) is 13.2 Å². The predicted molar refractivity (Wildman–Crippen MR) is 40.8 cm³/mol. The van der Waals surface area contributed by atoms with Crippen LogP contribution in [0.15, 0.2) is 0 Å². The van der Waals surface area contributed by atoms with E-state index in [0.717, 1.165) is 0 Å². The van der Waals surface area contributed by atoms with Gasteiger partial charge in [-0.15, -0.1) is 4.83 Å². The first-order chi connectivity index (χ1) is 5.12. The van der Waals surface area contributed by atoms with Crippen molar-refractivity contribution in [1.82, 2.24) is 15.0 Å². The van der Waals surface area contributed by atoms with Gasteiger partial charge >= 0.3 is 0 Å². The molecule has 0 atom stereocenters. The zero-order chi connectivity index (χ0) is 8.74. The summed E-state index contributed by atoms with van der Waals surface area (Å²) < 4.78 is 23.6. The van der Waals surface area contributed by atoms with Crippen LogP contribution in [-0.2, 0) is 10.2 Å².